The Bertz CT molecular complexity index is 940. The lowest BCUT2D eigenvalue weighted by atomic mass is 10.0. The van der Waals surface area contributed by atoms with E-state index in [0.29, 0.717) is 16.9 Å². The van der Waals surface area contributed by atoms with Gasteiger partial charge in [0.2, 0.25) is 0 Å². The molecule has 2 heterocycles. The Kier molecular flexibility index (Phi) is 2.48. The highest BCUT2D eigenvalue weighted by atomic mass is 16.5. The summed E-state index contributed by atoms with van der Waals surface area (Å²) in [6.45, 7) is 0.749. The summed E-state index contributed by atoms with van der Waals surface area (Å²) in [5.41, 5.74) is 2.29. The highest BCUT2D eigenvalue weighted by molar-refractivity contribution is 6.11. The zero-order chi connectivity index (χ0) is 14.6. The Morgan fingerprint density at radius 1 is 1.05 bits per heavy atom. The van der Waals surface area contributed by atoms with E-state index in [1.807, 2.05) is 22.8 Å². The topological polar surface area (TPSA) is 40.5 Å². The molecule has 1 aliphatic heterocycles. The van der Waals surface area contributed by atoms with Crippen molar-refractivity contribution in [2.75, 3.05) is 14.2 Å². The second-order valence-corrected chi connectivity index (χ2v) is 5.24. The van der Waals surface area contributed by atoms with Crippen LogP contribution in [0.4, 0.5) is 0 Å². The molecule has 0 saturated carbocycles. The third kappa shape index (κ3) is 1.47. The number of pyridine rings is 1. The summed E-state index contributed by atoms with van der Waals surface area (Å²) in [6, 6.07) is 9.79. The van der Waals surface area contributed by atoms with Gasteiger partial charge in [0.1, 0.15) is 0 Å². The maximum absolute atomic E-state index is 12.7. The Labute approximate surface area is 121 Å². The number of hydrogen-bond donors (Lipinski definition) is 0. The van der Waals surface area contributed by atoms with Crippen LogP contribution in [0, 0.1) is 0 Å². The first kappa shape index (κ1) is 12.3. The molecule has 4 rings (SSSR count). The molecule has 3 aromatic rings. The van der Waals surface area contributed by atoms with Crippen LogP contribution in [0.5, 0.6) is 11.5 Å². The van der Waals surface area contributed by atoms with Gasteiger partial charge in [0.25, 0.3) is 5.56 Å². The number of aromatic nitrogens is 1. The molecule has 106 valence electrons. The SMILES string of the molecule is COc1ccc2c(=O)n3c4c(cccc4c2c1OC)CC3. The van der Waals surface area contributed by atoms with Gasteiger partial charge in [-0.25, -0.2) is 0 Å². The van der Waals surface area contributed by atoms with Gasteiger partial charge in [-0.15, -0.1) is 0 Å². The zero-order valence-electron chi connectivity index (χ0n) is 12.0. The van der Waals surface area contributed by atoms with Crippen LogP contribution in [0.15, 0.2) is 35.1 Å². The summed E-state index contributed by atoms with van der Waals surface area (Å²) in [4.78, 5) is 12.7. The van der Waals surface area contributed by atoms with Crippen molar-refractivity contribution < 1.29 is 9.47 Å². The summed E-state index contributed by atoms with van der Waals surface area (Å²) in [5, 5.41) is 2.58. The molecule has 1 aliphatic rings. The first-order chi connectivity index (χ1) is 10.3. The van der Waals surface area contributed by atoms with E-state index in [4.69, 9.17) is 9.47 Å². The molecule has 0 bridgehead atoms. The summed E-state index contributed by atoms with van der Waals surface area (Å²) >= 11 is 0. The lowest BCUT2D eigenvalue weighted by Crippen LogP contribution is -2.18. The molecule has 0 N–H and O–H groups in total. The van der Waals surface area contributed by atoms with Gasteiger partial charge < -0.3 is 14.0 Å². The van der Waals surface area contributed by atoms with Crippen LogP contribution < -0.4 is 15.0 Å². The van der Waals surface area contributed by atoms with Gasteiger partial charge in [0.05, 0.1) is 25.1 Å². The van der Waals surface area contributed by atoms with Gasteiger partial charge in [-0.3, -0.25) is 4.79 Å². The number of nitrogens with zero attached hydrogens (tertiary/aromatic N) is 1. The third-order valence-corrected chi connectivity index (χ3v) is 4.28. The molecule has 0 amide bonds. The summed E-state index contributed by atoms with van der Waals surface area (Å²) in [5.74, 6) is 1.27. The van der Waals surface area contributed by atoms with E-state index in [1.54, 1.807) is 20.3 Å². The van der Waals surface area contributed by atoms with Crippen LogP contribution in [-0.4, -0.2) is 18.8 Å². The largest absolute Gasteiger partial charge is 0.493 e. The molecule has 0 atom stereocenters. The number of benzene rings is 2. The van der Waals surface area contributed by atoms with Crippen LogP contribution in [0.2, 0.25) is 0 Å². The average Bonchev–Trinajstić information content (AvgIpc) is 2.96. The highest BCUT2D eigenvalue weighted by Crippen LogP contribution is 2.39. The summed E-state index contributed by atoms with van der Waals surface area (Å²) in [6.07, 6.45) is 0.905. The third-order valence-electron chi connectivity index (χ3n) is 4.28. The zero-order valence-corrected chi connectivity index (χ0v) is 12.0. The normalized spacial score (nSPS) is 13.0. The maximum Gasteiger partial charge on any atom is 0.259 e. The molecule has 4 heteroatoms. The van der Waals surface area contributed by atoms with Crippen molar-refractivity contribution in [3.8, 4) is 11.5 Å². The quantitative estimate of drug-likeness (QED) is 0.678. The monoisotopic (exact) mass is 281 g/mol. The Morgan fingerprint density at radius 2 is 1.90 bits per heavy atom. The number of hydrogen-bond acceptors (Lipinski definition) is 3. The number of rotatable bonds is 2. The first-order valence-corrected chi connectivity index (χ1v) is 6.95. The van der Waals surface area contributed by atoms with Crippen molar-refractivity contribution in [3.05, 3.63) is 46.2 Å². The van der Waals surface area contributed by atoms with E-state index in [2.05, 4.69) is 6.07 Å². The van der Waals surface area contributed by atoms with E-state index in [-0.39, 0.29) is 5.56 Å². The molecule has 0 unspecified atom stereocenters. The lowest BCUT2D eigenvalue weighted by molar-refractivity contribution is 0.358. The smallest absolute Gasteiger partial charge is 0.259 e. The maximum atomic E-state index is 12.7. The number of ether oxygens (including phenoxy) is 2. The van der Waals surface area contributed by atoms with Crippen molar-refractivity contribution in [1.82, 2.24) is 4.57 Å². The molecular weight excluding hydrogens is 266 g/mol. The fourth-order valence-corrected chi connectivity index (χ4v) is 3.38. The van der Waals surface area contributed by atoms with Gasteiger partial charge in [-0.05, 0) is 24.1 Å². The van der Waals surface area contributed by atoms with Crippen molar-refractivity contribution in [1.29, 1.82) is 0 Å². The fourth-order valence-electron chi connectivity index (χ4n) is 3.38. The van der Waals surface area contributed by atoms with E-state index in [0.717, 1.165) is 29.3 Å². The second-order valence-electron chi connectivity index (χ2n) is 5.24. The number of para-hydroxylation sites is 1. The van der Waals surface area contributed by atoms with Crippen molar-refractivity contribution in [2.45, 2.75) is 13.0 Å². The van der Waals surface area contributed by atoms with Gasteiger partial charge in [-0.2, -0.15) is 0 Å². The molecule has 21 heavy (non-hydrogen) atoms. The highest BCUT2D eigenvalue weighted by Gasteiger charge is 2.21. The van der Waals surface area contributed by atoms with E-state index in [1.165, 1.54) is 5.56 Å². The minimum absolute atomic E-state index is 0.0448. The second kappa shape index (κ2) is 4.25. The Morgan fingerprint density at radius 3 is 2.67 bits per heavy atom. The molecule has 0 saturated heterocycles. The Balaban J connectivity index is 2.34. The summed E-state index contributed by atoms with van der Waals surface area (Å²) in [7, 11) is 3.22. The minimum Gasteiger partial charge on any atom is -0.493 e. The molecular formula is C17H15NO3. The van der Waals surface area contributed by atoms with Gasteiger partial charge in [0, 0.05) is 17.3 Å². The molecule has 1 aromatic heterocycles. The van der Waals surface area contributed by atoms with Crippen LogP contribution in [-0.2, 0) is 13.0 Å². The van der Waals surface area contributed by atoms with Gasteiger partial charge in [0.15, 0.2) is 11.5 Å². The number of aryl methyl sites for hydroxylation is 2. The predicted molar refractivity (Wildman–Crippen MR) is 82.5 cm³/mol. The van der Waals surface area contributed by atoms with Gasteiger partial charge in [-0.1, -0.05) is 18.2 Å². The average molecular weight is 281 g/mol. The molecule has 2 aromatic carbocycles. The van der Waals surface area contributed by atoms with Gasteiger partial charge >= 0.3 is 0 Å². The minimum atomic E-state index is 0.0448. The number of fused-ring (bicyclic) bond motifs is 2. The van der Waals surface area contributed by atoms with E-state index >= 15 is 0 Å². The number of methoxy groups -OCH3 is 2. The van der Waals surface area contributed by atoms with Crippen LogP contribution in [0.1, 0.15) is 5.56 Å². The molecule has 0 radical (unpaired) electrons. The summed E-state index contributed by atoms with van der Waals surface area (Å²) < 4.78 is 12.8. The van der Waals surface area contributed by atoms with Crippen molar-refractivity contribution in [2.24, 2.45) is 0 Å². The van der Waals surface area contributed by atoms with Crippen molar-refractivity contribution in [3.63, 3.8) is 0 Å². The standard InChI is InChI=1S/C17H15NO3/c1-20-13-7-6-12-14(16(13)21-2)11-5-3-4-10-8-9-18(15(10)11)17(12)19/h3-7H,8-9H2,1-2H3. The van der Waals surface area contributed by atoms with E-state index in [9.17, 15) is 4.79 Å². The Hall–Kier alpha value is -2.49. The first-order valence-electron chi connectivity index (χ1n) is 6.95. The van der Waals surface area contributed by atoms with E-state index < -0.39 is 0 Å². The van der Waals surface area contributed by atoms with Crippen LogP contribution >= 0.6 is 0 Å². The van der Waals surface area contributed by atoms with Crippen LogP contribution in [0.25, 0.3) is 21.7 Å². The molecule has 4 nitrogen and oxygen atoms in total. The molecule has 0 spiro atoms. The molecule has 0 aliphatic carbocycles. The van der Waals surface area contributed by atoms with Crippen LogP contribution in [0.3, 0.4) is 0 Å². The lowest BCUT2D eigenvalue weighted by Gasteiger charge is -2.14. The predicted octanol–water partition coefficient (Wildman–Crippen LogP) is 2.73. The fraction of sp³-hybridized carbons (Fsp3) is 0.235. The molecule has 0 fully saturated rings. The van der Waals surface area contributed by atoms with Crippen molar-refractivity contribution >= 4 is 21.7 Å².